The van der Waals surface area contributed by atoms with Gasteiger partial charge in [-0.15, -0.1) is 0 Å². The molecule has 2 aromatic carbocycles. The fourth-order valence-electron chi connectivity index (χ4n) is 2.29. The third kappa shape index (κ3) is 6.31. The Morgan fingerprint density at radius 1 is 0.893 bits per heavy atom. The molecule has 0 bridgehead atoms. The molecular formula is C20H23N3O5. The lowest BCUT2D eigenvalue weighted by Crippen LogP contribution is -2.43. The summed E-state index contributed by atoms with van der Waals surface area (Å²) in [4.78, 5) is 34.2. The number of likely N-dealkylation sites (N-methyl/N-ethyl adjacent to an activating group) is 1. The zero-order valence-electron chi connectivity index (χ0n) is 15.8. The van der Waals surface area contributed by atoms with Gasteiger partial charge in [0.1, 0.15) is 6.61 Å². The van der Waals surface area contributed by atoms with Crippen molar-refractivity contribution in [2.24, 2.45) is 0 Å². The molecule has 0 aliphatic rings. The van der Waals surface area contributed by atoms with Crippen molar-refractivity contribution in [2.45, 2.75) is 13.2 Å². The Labute approximate surface area is 163 Å². The first-order chi connectivity index (χ1) is 13.5. The van der Waals surface area contributed by atoms with Crippen molar-refractivity contribution in [1.82, 2.24) is 16.0 Å². The van der Waals surface area contributed by atoms with Crippen LogP contribution in [0.1, 0.15) is 11.1 Å². The molecule has 0 aliphatic carbocycles. The number of carbonyl (C=O) groups excluding carboxylic acids is 3. The number of carbonyl (C=O) groups is 3. The van der Waals surface area contributed by atoms with Crippen LogP contribution in [-0.2, 0) is 27.5 Å². The molecule has 0 atom stereocenters. The van der Waals surface area contributed by atoms with Gasteiger partial charge in [0.2, 0.25) is 5.91 Å². The van der Waals surface area contributed by atoms with Crippen molar-refractivity contribution >= 4 is 17.7 Å². The molecule has 0 spiro atoms. The topological polar surface area (TPSA) is 106 Å². The molecule has 0 radical (unpaired) electrons. The number of rotatable bonds is 8. The molecule has 0 aromatic heterocycles. The highest BCUT2D eigenvalue weighted by atomic mass is 16.5. The van der Waals surface area contributed by atoms with Gasteiger partial charge in [-0.05, 0) is 23.3 Å². The Morgan fingerprint density at radius 3 is 2.32 bits per heavy atom. The molecule has 0 unspecified atom stereocenters. The number of amides is 3. The van der Waals surface area contributed by atoms with E-state index in [2.05, 4.69) is 16.0 Å². The van der Waals surface area contributed by atoms with Gasteiger partial charge in [-0.3, -0.25) is 14.4 Å². The zero-order chi connectivity index (χ0) is 20.4. The predicted octanol–water partition coefficient (Wildman–Crippen LogP) is 0.753. The van der Waals surface area contributed by atoms with Crippen molar-refractivity contribution in [3.63, 3.8) is 0 Å². The summed E-state index contributed by atoms with van der Waals surface area (Å²) < 4.78 is 11.2. The van der Waals surface area contributed by atoms with Crippen molar-refractivity contribution < 1.29 is 23.9 Å². The number of nitrogens with one attached hydrogen (secondary N) is 3. The maximum absolute atomic E-state index is 11.8. The second-order valence-corrected chi connectivity index (χ2v) is 5.80. The van der Waals surface area contributed by atoms with Crippen LogP contribution in [0.4, 0.5) is 0 Å². The third-order valence-corrected chi connectivity index (χ3v) is 3.80. The number of ether oxygens (including phenoxy) is 2. The van der Waals surface area contributed by atoms with E-state index >= 15 is 0 Å². The quantitative estimate of drug-likeness (QED) is 0.582. The van der Waals surface area contributed by atoms with E-state index in [4.69, 9.17) is 9.47 Å². The summed E-state index contributed by atoms with van der Waals surface area (Å²) in [7, 11) is 2.88. The summed E-state index contributed by atoms with van der Waals surface area (Å²) in [5.41, 5.74) is 1.84. The first kappa shape index (κ1) is 20.8. The van der Waals surface area contributed by atoms with Gasteiger partial charge < -0.3 is 25.4 Å². The van der Waals surface area contributed by atoms with Crippen molar-refractivity contribution in [1.29, 1.82) is 0 Å². The minimum Gasteiger partial charge on any atom is -0.493 e. The molecule has 0 fully saturated rings. The molecule has 8 nitrogen and oxygen atoms in total. The number of benzene rings is 2. The molecule has 0 heterocycles. The number of methoxy groups -OCH3 is 1. The van der Waals surface area contributed by atoms with Crippen molar-refractivity contribution in [3.05, 3.63) is 59.7 Å². The third-order valence-electron chi connectivity index (χ3n) is 3.80. The molecule has 28 heavy (non-hydrogen) atoms. The largest absolute Gasteiger partial charge is 0.493 e. The van der Waals surface area contributed by atoms with Gasteiger partial charge in [-0.1, -0.05) is 36.4 Å². The zero-order valence-corrected chi connectivity index (χ0v) is 15.8. The smallest absolute Gasteiger partial charge is 0.309 e. The highest BCUT2D eigenvalue weighted by molar-refractivity contribution is 6.35. The Morgan fingerprint density at radius 2 is 1.64 bits per heavy atom. The van der Waals surface area contributed by atoms with Crippen LogP contribution in [0.15, 0.2) is 48.5 Å². The van der Waals surface area contributed by atoms with Gasteiger partial charge in [0.15, 0.2) is 11.5 Å². The first-order valence-electron chi connectivity index (χ1n) is 8.63. The van der Waals surface area contributed by atoms with Crippen LogP contribution in [0.5, 0.6) is 11.5 Å². The lowest BCUT2D eigenvalue weighted by atomic mass is 10.2. The Bertz CT molecular complexity index is 824. The minimum absolute atomic E-state index is 0.240. The van der Waals surface area contributed by atoms with Crippen LogP contribution in [0.25, 0.3) is 0 Å². The second kappa shape index (κ2) is 10.6. The van der Waals surface area contributed by atoms with Crippen LogP contribution >= 0.6 is 0 Å². The normalized spacial score (nSPS) is 9.93. The maximum Gasteiger partial charge on any atom is 0.309 e. The molecule has 148 valence electrons. The number of hydrogen-bond acceptors (Lipinski definition) is 5. The molecule has 0 aliphatic heterocycles. The molecule has 3 N–H and O–H groups in total. The van der Waals surface area contributed by atoms with E-state index in [-0.39, 0.29) is 13.1 Å². The van der Waals surface area contributed by atoms with Gasteiger partial charge >= 0.3 is 11.8 Å². The fourth-order valence-corrected chi connectivity index (χ4v) is 2.29. The summed E-state index contributed by atoms with van der Waals surface area (Å²) in [5, 5.41) is 7.06. The molecule has 2 aromatic rings. The SMILES string of the molecule is CNC(=O)C(=O)NCC(=O)NCc1ccc(OCc2ccccc2)c(OC)c1. The van der Waals surface area contributed by atoms with Crippen LogP contribution in [-0.4, -0.2) is 38.4 Å². The lowest BCUT2D eigenvalue weighted by Gasteiger charge is -2.13. The summed E-state index contributed by atoms with van der Waals surface area (Å²) in [6.07, 6.45) is 0. The van der Waals surface area contributed by atoms with Crippen LogP contribution in [0.3, 0.4) is 0 Å². The monoisotopic (exact) mass is 385 g/mol. The van der Waals surface area contributed by atoms with Crippen molar-refractivity contribution in [3.8, 4) is 11.5 Å². The van der Waals surface area contributed by atoms with E-state index in [0.29, 0.717) is 18.1 Å². The van der Waals surface area contributed by atoms with E-state index < -0.39 is 17.7 Å². The molecule has 0 saturated carbocycles. The standard InChI is InChI=1S/C20H23N3O5/c1-21-19(25)20(26)23-12-18(24)22-11-15-8-9-16(17(10-15)27-2)28-13-14-6-4-3-5-7-14/h3-10H,11-13H2,1-2H3,(H,21,25)(H,22,24)(H,23,26). The van der Waals surface area contributed by atoms with E-state index in [0.717, 1.165) is 11.1 Å². The Kier molecular flexibility index (Phi) is 7.83. The van der Waals surface area contributed by atoms with E-state index in [1.807, 2.05) is 36.4 Å². The fraction of sp³-hybridized carbons (Fsp3) is 0.250. The van der Waals surface area contributed by atoms with Gasteiger partial charge in [0.05, 0.1) is 13.7 Å². The van der Waals surface area contributed by atoms with Gasteiger partial charge in [0, 0.05) is 13.6 Å². The second-order valence-electron chi connectivity index (χ2n) is 5.80. The highest BCUT2D eigenvalue weighted by Gasteiger charge is 2.12. The maximum atomic E-state index is 11.8. The summed E-state index contributed by atoms with van der Waals surface area (Å²) in [6, 6.07) is 15.1. The Hall–Kier alpha value is -3.55. The number of hydrogen-bond donors (Lipinski definition) is 3. The predicted molar refractivity (Wildman–Crippen MR) is 103 cm³/mol. The lowest BCUT2D eigenvalue weighted by molar-refractivity contribution is -0.139. The average molecular weight is 385 g/mol. The van der Waals surface area contributed by atoms with Gasteiger partial charge in [-0.2, -0.15) is 0 Å². The molecule has 0 saturated heterocycles. The first-order valence-corrected chi connectivity index (χ1v) is 8.63. The van der Waals surface area contributed by atoms with Crippen LogP contribution in [0.2, 0.25) is 0 Å². The van der Waals surface area contributed by atoms with Gasteiger partial charge in [0.25, 0.3) is 0 Å². The molecule has 2 rings (SSSR count). The van der Waals surface area contributed by atoms with E-state index in [1.54, 1.807) is 19.2 Å². The Balaban J connectivity index is 1.86. The van der Waals surface area contributed by atoms with E-state index in [1.165, 1.54) is 7.05 Å². The molecule has 8 heteroatoms. The van der Waals surface area contributed by atoms with E-state index in [9.17, 15) is 14.4 Å². The minimum atomic E-state index is -0.862. The summed E-state index contributed by atoms with van der Waals surface area (Å²) in [6.45, 7) is 0.365. The van der Waals surface area contributed by atoms with Crippen molar-refractivity contribution in [2.75, 3.05) is 20.7 Å². The van der Waals surface area contributed by atoms with Gasteiger partial charge in [-0.25, -0.2) is 0 Å². The summed E-state index contributed by atoms with van der Waals surface area (Å²) >= 11 is 0. The van der Waals surface area contributed by atoms with Crippen LogP contribution in [0, 0.1) is 0 Å². The highest BCUT2D eigenvalue weighted by Crippen LogP contribution is 2.28. The summed E-state index contributed by atoms with van der Waals surface area (Å²) in [5.74, 6) is -0.932. The molecular weight excluding hydrogens is 362 g/mol. The molecule has 3 amide bonds. The van der Waals surface area contributed by atoms with Crippen LogP contribution < -0.4 is 25.4 Å². The average Bonchev–Trinajstić information content (AvgIpc) is 2.74.